The molecule has 0 saturated carbocycles. The number of carbonyl (C=O) groups is 4. The largest absolute Gasteiger partial charge is 0.478 e. The van der Waals surface area contributed by atoms with Gasteiger partial charge in [0.05, 0.1) is 5.56 Å². The van der Waals surface area contributed by atoms with Crippen LogP contribution in [0.25, 0.3) is 0 Å². The molecule has 3 amide bonds. The molecule has 0 aromatic heterocycles. The normalized spacial score (nSPS) is 12.5. The lowest BCUT2D eigenvalue weighted by Gasteiger charge is -2.22. The first-order chi connectivity index (χ1) is 14.2. The van der Waals surface area contributed by atoms with Crippen molar-refractivity contribution in [2.75, 3.05) is 0 Å². The van der Waals surface area contributed by atoms with Crippen molar-refractivity contribution in [3.8, 4) is 0 Å². The van der Waals surface area contributed by atoms with Crippen molar-refractivity contribution in [1.29, 1.82) is 0 Å². The zero-order chi connectivity index (χ0) is 22.3. The van der Waals surface area contributed by atoms with Gasteiger partial charge >= 0.3 is 5.97 Å². The van der Waals surface area contributed by atoms with Gasteiger partial charge in [0.15, 0.2) is 0 Å². The van der Waals surface area contributed by atoms with E-state index in [-0.39, 0.29) is 18.4 Å². The summed E-state index contributed by atoms with van der Waals surface area (Å²) in [5.74, 6) is -3.48. The average Bonchev–Trinajstić information content (AvgIpc) is 2.67. The van der Waals surface area contributed by atoms with Crippen LogP contribution in [0.3, 0.4) is 0 Å². The minimum absolute atomic E-state index is 0.0158. The minimum atomic E-state index is -1.09. The molecule has 30 heavy (non-hydrogen) atoms. The number of nitrogens with one attached hydrogen (secondary N) is 2. The van der Waals surface area contributed by atoms with E-state index in [2.05, 4.69) is 10.6 Å². The van der Waals surface area contributed by atoms with Gasteiger partial charge in [-0.05, 0) is 35.4 Å². The maximum absolute atomic E-state index is 13.4. The van der Waals surface area contributed by atoms with Crippen LogP contribution in [0, 0.1) is 5.82 Å². The molecule has 0 spiro atoms. The second-order valence-corrected chi connectivity index (χ2v) is 6.76. The van der Waals surface area contributed by atoms with E-state index >= 15 is 0 Å². The molecule has 8 nitrogen and oxygen atoms in total. The molecule has 0 unspecified atom stereocenters. The highest BCUT2D eigenvalue weighted by atomic mass is 19.1. The number of halogens is 1. The van der Waals surface area contributed by atoms with Crippen molar-refractivity contribution >= 4 is 23.7 Å². The number of primary amides is 1. The topological polar surface area (TPSA) is 139 Å². The fraction of sp³-hybridized carbons (Fsp3) is 0.238. The lowest BCUT2D eigenvalue weighted by Crippen LogP contribution is -2.54. The number of carboxylic acids is 1. The van der Waals surface area contributed by atoms with Gasteiger partial charge in [-0.15, -0.1) is 0 Å². The van der Waals surface area contributed by atoms with Crippen molar-refractivity contribution in [1.82, 2.24) is 10.6 Å². The molecule has 0 heterocycles. The van der Waals surface area contributed by atoms with E-state index in [1.807, 2.05) is 0 Å². The molecule has 9 heteroatoms. The molecule has 2 atom stereocenters. The predicted octanol–water partition coefficient (Wildman–Crippen LogP) is 0.784. The lowest BCUT2D eigenvalue weighted by molar-refractivity contribution is -0.130. The Morgan fingerprint density at radius 3 is 2.13 bits per heavy atom. The molecule has 2 rings (SSSR count). The van der Waals surface area contributed by atoms with E-state index in [0.29, 0.717) is 11.1 Å². The molecule has 2 aromatic carbocycles. The molecule has 0 saturated heterocycles. The van der Waals surface area contributed by atoms with Gasteiger partial charge in [0.25, 0.3) is 0 Å². The number of nitrogens with two attached hydrogens (primary N) is 1. The lowest BCUT2D eigenvalue weighted by atomic mass is 10.0. The standard InChI is InChI=1S/C21H22FN3O5/c1-12(26)24-18(11-14-3-2-4-16(22)9-14)20(28)25-17(19(23)27)10-13-5-7-15(8-6-13)21(29)30/h2-9,17-18H,10-11H2,1H3,(H2,23,27)(H,24,26)(H,25,28)(H,29,30)/t17-,18-/m1/s1. The average molecular weight is 415 g/mol. The highest BCUT2D eigenvalue weighted by molar-refractivity contribution is 5.91. The first-order valence-corrected chi connectivity index (χ1v) is 9.09. The van der Waals surface area contributed by atoms with Crippen LogP contribution in [0.4, 0.5) is 4.39 Å². The molecule has 0 aliphatic rings. The van der Waals surface area contributed by atoms with Gasteiger partial charge in [0.1, 0.15) is 17.9 Å². The molecule has 0 radical (unpaired) electrons. The number of hydrogen-bond acceptors (Lipinski definition) is 4. The quantitative estimate of drug-likeness (QED) is 0.479. The number of carboxylic acid groups (broad SMARTS) is 1. The Hall–Kier alpha value is -3.75. The zero-order valence-corrected chi connectivity index (χ0v) is 16.2. The van der Waals surface area contributed by atoms with E-state index in [1.165, 1.54) is 49.4 Å². The summed E-state index contributed by atoms with van der Waals surface area (Å²) in [5.41, 5.74) is 6.56. The molecule has 0 fully saturated rings. The number of carbonyl (C=O) groups excluding carboxylic acids is 3. The van der Waals surface area contributed by atoms with E-state index in [9.17, 15) is 23.6 Å². The zero-order valence-electron chi connectivity index (χ0n) is 16.2. The summed E-state index contributed by atoms with van der Waals surface area (Å²) in [5, 5.41) is 13.9. The second-order valence-electron chi connectivity index (χ2n) is 6.76. The SMILES string of the molecule is CC(=O)N[C@H](Cc1cccc(F)c1)C(=O)N[C@H](Cc1ccc(C(=O)O)cc1)C(N)=O. The Morgan fingerprint density at radius 2 is 1.60 bits per heavy atom. The van der Waals surface area contributed by atoms with Crippen LogP contribution >= 0.6 is 0 Å². The van der Waals surface area contributed by atoms with Crippen LogP contribution in [-0.2, 0) is 27.2 Å². The Balaban J connectivity index is 2.13. The Morgan fingerprint density at radius 1 is 0.967 bits per heavy atom. The maximum Gasteiger partial charge on any atom is 0.335 e. The predicted molar refractivity (Wildman–Crippen MR) is 106 cm³/mol. The van der Waals surface area contributed by atoms with Crippen LogP contribution in [0.5, 0.6) is 0 Å². The van der Waals surface area contributed by atoms with E-state index < -0.39 is 41.6 Å². The summed E-state index contributed by atoms with van der Waals surface area (Å²) < 4.78 is 13.4. The smallest absolute Gasteiger partial charge is 0.335 e. The van der Waals surface area contributed by atoms with Crippen molar-refractivity contribution < 1.29 is 28.7 Å². The minimum Gasteiger partial charge on any atom is -0.478 e. The fourth-order valence-electron chi connectivity index (χ4n) is 2.87. The van der Waals surface area contributed by atoms with E-state index in [0.717, 1.165) is 0 Å². The van der Waals surface area contributed by atoms with Crippen molar-refractivity contribution in [2.24, 2.45) is 5.73 Å². The van der Waals surface area contributed by atoms with Crippen LogP contribution in [-0.4, -0.2) is 40.9 Å². The first-order valence-electron chi connectivity index (χ1n) is 9.09. The maximum atomic E-state index is 13.4. The van der Waals surface area contributed by atoms with Gasteiger partial charge in [-0.25, -0.2) is 9.18 Å². The summed E-state index contributed by atoms with van der Waals surface area (Å²) in [6.07, 6.45) is 0.0513. The van der Waals surface area contributed by atoms with Gasteiger partial charge in [0.2, 0.25) is 17.7 Å². The van der Waals surface area contributed by atoms with Crippen LogP contribution in [0.1, 0.15) is 28.4 Å². The third-order valence-electron chi connectivity index (χ3n) is 4.32. The Bertz CT molecular complexity index is 946. The molecule has 0 aliphatic carbocycles. The highest BCUT2D eigenvalue weighted by Gasteiger charge is 2.25. The summed E-state index contributed by atoms with van der Waals surface area (Å²) in [4.78, 5) is 47.0. The number of hydrogen-bond donors (Lipinski definition) is 4. The molecule has 5 N–H and O–H groups in total. The summed E-state index contributed by atoms with van der Waals surface area (Å²) >= 11 is 0. The van der Waals surface area contributed by atoms with Gasteiger partial charge in [-0.1, -0.05) is 24.3 Å². The fourth-order valence-corrected chi connectivity index (χ4v) is 2.87. The third-order valence-corrected chi connectivity index (χ3v) is 4.32. The molecule has 0 aliphatic heterocycles. The van der Waals surface area contributed by atoms with Gasteiger partial charge < -0.3 is 21.5 Å². The Labute approximate surface area is 172 Å². The van der Waals surface area contributed by atoms with Crippen LogP contribution < -0.4 is 16.4 Å². The Kier molecular flexibility index (Phi) is 7.62. The number of benzene rings is 2. The molecular weight excluding hydrogens is 393 g/mol. The summed E-state index contributed by atoms with van der Waals surface area (Å²) in [6, 6.07) is 9.27. The molecule has 2 aromatic rings. The molecule has 0 bridgehead atoms. The highest BCUT2D eigenvalue weighted by Crippen LogP contribution is 2.10. The first kappa shape index (κ1) is 22.5. The number of aromatic carboxylic acids is 1. The number of rotatable bonds is 9. The van der Waals surface area contributed by atoms with Crippen molar-refractivity contribution in [3.63, 3.8) is 0 Å². The third kappa shape index (κ3) is 6.69. The van der Waals surface area contributed by atoms with Crippen molar-refractivity contribution in [3.05, 3.63) is 71.0 Å². The van der Waals surface area contributed by atoms with Crippen LogP contribution in [0.2, 0.25) is 0 Å². The van der Waals surface area contributed by atoms with E-state index in [4.69, 9.17) is 10.8 Å². The molecular formula is C21H22FN3O5. The second kappa shape index (κ2) is 10.1. The van der Waals surface area contributed by atoms with Crippen LogP contribution in [0.15, 0.2) is 48.5 Å². The molecule has 158 valence electrons. The monoisotopic (exact) mass is 415 g/mol. The van der Waals surface area contributed by atoms with E-state index in [1.54, 1.807) is 6.07 Å². The summed E-state index contributed by atoms with van der Waals surface area (Å²) in [6.45, 7) is 1.24. The van der Waals surface area contributed by atoms with Gasteiger partial charge in [0, 0.05) is 19.8 Å². The van der Waals surface area contributed by atoms with Gasteiger partial charge in [-0.3, -0.25) is 14.4 Å². The number of amides is 3. The summed E-state index contributed by atoms with van der Waals surface area (Å²) in [7, 11) is 0. The van der Waals surface area contributed by atoms with Gasteiger partial charge in [-0.2, -0.15) is 0 Å². The van der Waals surface area contributed by atoms with Crippen molar-refractivity contribution in [2.45, 2.75) is 31.8 Å².